The van der Waals surface area contributed by atoms with Gasteiger partial charge in [0.1, 0.15) is 0 Å². The first-order valence-corrected chi connectivity index (χ1v) is 4.69. The number of ether oxygens (including phenoxy) is 1. The van der Waals surface area contributed by atoms with Crippen molar-refractivity contribution in [1.82, 2.24) is 0 Å². The van der Waals surface area contributed by atoms with Gasteiger partial charge >= 0.3 is 0 Å². The molecule has 0 amide bonds. The molecule has 0 aliphatic carbocycles. The molecule has 0 fully saturated rings. The first kappa shape index (κ1) is 11.0. The largest absolute Gasteiger partial charge is 0.377 e. The zero-order valence-corrected chi connectivity index (χ0v) is 8.64. The van der Waals surface area contributed by atoms with Gasteiger partial charge in [-0.3, -0.25) is 0 Å². The lowest BCUT2D eigenvalue weighted by Crippen LogP contribution is -2.13. The minimum atomic E-state index is -1.27. The molecule has 0 aromatic rings. The topological polar surface area (TPSA) is 9.23 Å². The van der Waals surface area contributed by atoms with Gasteiger partial charge in [0.05, 0.1) is 6.61 Å². The Morgan fingerprint density at radius 2 is 1.90 bits per heavy atom. The van der Waals surface area contributed by atoms with Crippen LogP contribution in [0.4, 0.5) is 0 Å². The Balaban J connectivity index is 3.04. The molecular formula is C5H8Cl3OSi. The molecule has 0 aromatic heterocycles. The highest BCUT2D eigenvalue weighted by molar-refractivity contribution is 6.67. The summed E-state index contributed by atoms with van der Waals surface area (Å²) in [5, 5.41) is 0. The van der Waals surface area contributed by atoms with Crippen LogP contribution in [0.25, 0.3) is 0 Å². The van der Waals surface area contributed by atoms with Crippen LogP contribution in [0.5, 0.6) is 0 Å². The summed E-state index contributed by atoms with van der Waals surface area (Å²) in [7, 11) is 3.29. The lowest BCUT2D eigenvalue weighted by atomic mass is 10.5. The maximum atomic E-state index is 5.41. The molecule has 3 radical (unpaired) electrons. The molecule has 0 atom stereocenters. The Hall–Kier alpha value is 1.05. The van der Waals surface area contributed by atoms with Crippen molar-refractivity contribution < 1.29 is 4.74 Å². The van der Waals surface area contributed by atoms with Crippen LogP contribution in [0, 0.1) is 0 Å². The highest BCUT2D eigenvalue weighted by Crippen LogP contribution is 2.25. The molecular weight excluding hydrogens is 210 g/mol. The first-order chi connectivity index (χ1) is 4.56. The lowest BCUT2D eigenvalue weighted by molar-refractivity contribution is 0.140. The maximum absolute atomic E-state index is 5.41. The van der Waals surface area contributed by atoms with E-state index < -0.39 is 3.79 Å². The van der Waals surface area contributed by atoms with Gasteiger partial charge in [-0.25, -0.2) is 0 Å². The standard InChI is InChI=1S/C5H8Cl3OSi/c6-5(7,8)4-9-2-1-3-10/h1-4H2. The number of hydrogen-bond acceptors (Lipinski definition) is 1. The molecule has 0 spiro atoms. The van der Waals surface area contributed by atoms with E-state index in [0.29, 0.717) is 6.61 Å². The molecule has 0 heterocycles. The van der Waals surface area contributed by atoms with Crippen LogP contribution in [0.2, 0.25) is 6.04 Å². The molecule has 59 valence electrons. The normalized spacial score (nSPS) is 12.0. The van der Waals surface area contributed by atoms with Gasteiger partial charge in [-0.05, 0) is 6.42 Å². The van der Waals surface area contributed by atoms with E-state index in [1.807, 2.05) is 0 Å². The van der Waals surface area contributed by atoms with Crippen LogP contribution in [-0.2, 0) is 4.74 Å². The molecule has 10 heavy (non-hydrogen) atoms. The molecule has 0 aliphatic rings. The van der Waals surface area contributed by atoms with Gasteiger partial charge in [0.25, 0.3) is 0 Å². The SMILES string of the molecule is [Si]CCCOCC(Cl)(Cl)Cl. The highest BCUT2D eigenvalue weighted by atomic mass is 35.6. The van der Waals surface area contributed by atoms with Crippen molar-refractivity contribution in [3.63, 3.8) is 0 Å². The van der Waals surface area contributed by atoms with Gasteiger partial charge in [-0.1, -0.05) is 40.8 Å². The van der Waals surface area contributed by atoms with E-state index in [1.54, 1.807) is 0 Å². The lowest BCUT2D eigenvalue weighted by Gasteiger charge is -2.10. The highest BCUT2D eigenvalue weighted by Gasteiger charge is 2.18. The van der Waals surface area contributed by atoms with E-state index in [0.717, 1.165) is 12.5 Å². The summed E-state index contributed by atoms with van der Waals surface area (Å²) in [6.45, 7) is 0.779. The average Bonchev–Trinajstić information content (AvgIpc) is 1.78. The zero-order valence-electron chi connectivity index (χ0n) is 5.37. The summed E-state index contributed by atoms with van der Waals surface area (Å²) in [5.41, 5.74) is 0. The molecule has 0 saturated carbocycles. The van der Waals surface area contributed by atoms with E-state index in [9.17, 15) is 0 Å². The molecule has 0 N–H and O–H groups in total. The predicted octanol–water partition coefficient (Wildman–Crippen LogP) is 2.35. The third-order valence-corrected chi connectivity index (χ3v) is 1.41. The molecule has 0 aliphatic heterocycles. The Labute approximate surface area is 79.4 Å². The van der Waals surface area contributed by atoms with Crippen LogP contribution >= 0.6 is 34.8 Å². The Morgan fingerprint density at radius 1 is 1.30 bits per heavy atom. The number of halogens is 3. The second kappa shape index (κ2) is 5.67. The van der Waals surface area contributed by atoms with Crippen molar-refractivity contribution in [1.29, 1.82) is 0 Å². The second-order valence-corrected chi connectivity index (χ2v) is 4.79. The minimum absolute atomic E-state index is 0.157. The second-order valence-electron chi connectivity index (χ2n) is 1.77. The molecule has 0 bridgehead atoms. The zero-order chi connectivity index (χ0) is 8.04. The Morgan fingerprint density at radius 3 is 2.30 bits per heavy atom. The van der Waals surface area contributed by atoms with E-state index in [-0.39, 0.29) is 6.61 Å². The van der Waals surface area contributed by atoms with Gasteiger partial charge in [-0.2, -0.15) is 0 Å². The summed E-state index contributed by atoms with van der Waals surface area (Å²) in [6, 6.07) is 0.903. The number of alkyl halides is 3. The third kappa shape index (κ3) is 9.05. The molecule has 0 saturated heterocycles. The first-order valence-electron chi connectivity index (χ1n) is 2.85. The third-order valence-electron chi connectivity index (χ3n) is 0.731. The van der Waals surface area contributed by atoms with E-state index in [1.165, 1.54) is 0 Å². The Kier molecular flexibility index (Phi) is 6.26. The van der Waals surface area contributed by atoms with E-state index >= 15 is 0 Å². The van der Waals surface area contributed by atoms with Crippen molar-refractivity contribution in [2.75, 3.05) is 13.2 Å². The smallest absolute Gasteiger partial charge is 0.213 e. The summed E-state index contributed by atoms with van der Waals surface area (Å²) in [5.74, 6) is 0. The van der Waals surface area contributed by atoms with Gasteiger partial charge in [-0.15, -0.1) is 0 Å². The summed E-state index contributed by atoms with van der Waals surface area (Å²) < 4.78 is 3.74. The average molecular weight is 219 g/mol. The molecule has 0 unspecified atom stereocenters. The van der Waals surface area contributed by atoms with Crippen molar-refractivity contribution in [2.45, 2.75) is 16.3 Å². The van der Waals surface area contributed by atoms with Crippen molar-refractivity contribution in [3.05, 3.63) is 0 Å². The number of rotatable bonds is 4. The minimum Gasteiger partial charge on any atom is -0.377 e. The fourth-order valence-corrected chi connectivity index (χ4v) is 0.738. The fraction of sp³-hybridized carbons (Fsp3) is 1.00. The molecule has 0 aromatic carbocycles. The van der Waals surface area contributed by atoms with Gasteiger partial charge in [0.2, 0.25) is 3.79 Å². The Bertz CT molecular complexity index is 83.5. The quantitative estimate of drug-likeness (QED) is 0.400. The van der Waals surface area contributed by atoms with Crippen LogP contribution in [0.3, 0.4) is 0 Å². The molecule has 1 nitrogen and oxygen atoms in total. The summed E-state index contributed by atoms with van der Waals surface area (Å²) in [4.78, 5) is 0. The van der Waals surface area contributed by atoms with Crippen LogP contribution in [-0.4, -0.2) is 27.2 Å². The molecule has 5 heteroatoms. The van der Waals surface area contributed by atoms with Crippen LogP contribution < -0.4 is 0 Å². The van der Waals surface area contributed by atoms with Crippen molar-refractivity contribution >= 4 is 45.0 Å². The van der Waals surface area contributed by atoms with Crippen molar-refractivity contribution in [2.24, 2.45) is 0 Å². The monoisotopic (exact) mass is 217 g/mol. The van der Waals surface area contributed by atoms with Crippen LogP contribution in [0.15, 0.2) is 0 Å². The van der Waals surface area contributed by atoms with Gasteiger partial charge in [0, 0.05) is 16.8 Å². The summed E-state index contributed by atoms with van der Waals surface area (Å²) >= 11 is 16.2. The summed E-state index contributed by atoms with van der Waals surface area (Å²) in [6.07, 6.45) is 0.928. The van der Waals surface area contributed by atoms with Crippen molar-refractivity contribution in [3.8, 4) is 0 Å². The number of hydrogen-bond donors (Lipinski definition) is 0. The van der Waals surface area contributed by atoms with Crippen LogP contribution in [0.1, 0.15) is 6.42 Å². The van der Waals surface area contributed by atoms with Gasteiger partial charge in [0.15, 0.2) is 0 Å². The van der Waals surface area contributed by atoms with E-state index in [4.69, 9.17) is 39.5 Å². The maximum Gasteiger partial charge on any atom is 0.213 e. The predicted molar refractivity (Wildman–Crippen MR) is 46.3 cm³/mol. The van der Waals surface area contributed by atoms with Gasteiger partial charge < -0.3 is 4.74 Å². The molecule has 0 rings (SSSR count). The van der Waals surface area contributed by atoms with E-state index in [2.05, 4.69) is 10.2 Å². The fourth-order valence-electron chi connectivity index (χ4n) is 0.362.